The third kappa shape index (κ3) is 3.01. The van der Waals surface area contributed by atoms with Crippen molar-refractivity contribution < 1.29 is 9.63 Å². The molecule has 0 N–H and O–H groups in total. The quantitative estimate of drug-likeness (QED) is 0.721. The van der Waals surface area contributed by atoms with E-state index in [-0.39, 0.29) is 5.91 Å². The average molecular weight is 214 g/mol. The van der Waals surface area contributed by atoms with E-state index in [2.05, 4.69) is 0 Å². The van der Waals surface area contributed by atoms with E-state index in [1.165, 1.54) is 19.1 Å². The van der Waals surface area contributed by atoms with E-state index < -0.39 is 0 Å². The fraction of sp³-hybridized carbons (Fsp3) is 0.300. The second-order valence-corrected chi connectivity index (χ2v) is 3.30. The predicted octanol–water partition coefficient (Wildman–Crippen LogP) is 2.25. The van der Waals surface area contributed by atoms with E-state index in [1.54, 1.807) is 12.1 Å². The van der Waals surface area contributed by atoms with Gasteiger partial charge < -0.3 is 0 Å². The van der Waals surface area contributed by atoms with Crippen LogP contribution in [-0.4, -0.2) is 18.1 Å². The van der Waals surface area contributed by atoms with E-state index in [9.17, 15) is 4.79 Å². The molecule has 0 aromatic heterocycles. The van der Waals surface area contributed by atoms with Gasteiger partial charge in [-0.3, -0.25) is 9.63 Å². The maximum absolute atomic E-state index is 11.0. The Kier molecular flexibility index (Phi) is 3.92. The topological polar surface area (TPSA) is 29.5 Å². The highest BCUT2D eigenvalue weighted by Gasteiger charge is 2.07. The second kappa shape index (κ2) is 4.98. The lowest BCUT2D eigenvalue weighted by atomic mass is 10.2. The molecule has 76 valence electrons. The summed E-state index contributed by atoms with van der Waals surface area (Å²) in [5.41, 5.74) is 0.978. The molecule has 0 saturated carbocycles. The number of nitrogens with zero attached hydrogens (tertiary/aromatic N) is 1. The number of carbonyl (C=O) groups excluding carboxylic acids is 1. The van der Waals surface area contributed by atoms with Crippen LogP contribution >= 0.6 is 11.6 Å². The lowest BCUT2D eigenvalue weighted by Crippen LogP contribution is -2.26. The summed E-state index contributed by atoms with van der Waals surface area (Å²) in [5, 5.41) is 1.96. The van der Waals surface area contributed by atoms with Gasteiger partial charge in [-0.15, -0.1) is 0 Å². The first kappa shape index (κ1) is 11.0. The number of rotatable bonds is 3. The van der Waals surface area contributed by atoms with Crippen molar-refractivity contribution in [2.24, 2.45) is 0 Å². The predicted molar refractivity (Wildman–Crippen MR) is 54.7 cm³/mol. The van der Waals surface area contributed by atoms with Gasteiger partial charge in [-0.25, -0.2) is 5.06 Å². The van der Waals surface area contributed by atoms with Gasteiger partial charge in [0.1, 0.15) is 0 Å². The number of benzene rings is 1. The number of halogens is 1. The van der Waals surface area contributed by atoms with Crippen LogP contribution in [0.15, 0.2) is 24.3 Å². The molecule has 1 amide bonds. The molecule has 0 unspecified atom stereocenters. The highest BCUT2D eigenvalue weighted by Crippen LogP contribution is 2.11. The summed E-state index contributed by atoms with van der Waals surface area (Å²) >= 11 is 5.73. The molecule has 1 rings (SSSR count). The Balaban J connectivity index is 2.67. The summed E-state index contributed by atoms with van der Waals surface area (Å²) in [4.78, 5) is 15.9. The number of hydrogen-bond acceptors (Lipinski definition) is 2. The Morgan fingerprint density at radius 1 is 1.43 bits per heavy atom. The normalized spacial score (nSPS) is 9.93. The molecule has 0 radical (unpaired) electrons. The summed E-state index contributed by atoms with van der Waals surface area (Å²) in [5.74, 6) is -0.123. The van der Waals surface area contributed by atoms with Crippen molar-refractivity contribution in [2.45, 2.75) is 13.5 Å². The molecule has 0 fully saturated rings. The molecule has 0 bridgehead atoms. The lowest BCUT2D eigenvalue weighted by Gasteiger charge is -2.17. The van der Waals surface area contributed by atoms with E-state index in [4.69, 9.17) is 16.4 Å². The van der Waals surface area contributed by atoms with Gasteiger partial charge in [0.15, 0.2) is 0 Å². The average Bonchev–Trinajstić information content (AvgIpc) is 2.16. The molecule has 1 aromatic carbocycles. The zero-order chi connectivity index (χ0) is 10.6. The Labute approximate surface area is 88.2 Å². The lowest BCUT2D eigenvalue weighted by molar-refractivity contribution is -0.176. The minimum absolute atomic E-state index is 0.123. The number of amides is 1. The van der Waals surface area contributed by atoms with Gasteiger partial charge in [-0.2, -0.15) is 0 Å². The summed E-state index contributed by atoms with van der Waals surface area (Å²) in [6.07, 6.45) is 0. The van der Waals surface area contributed by atoms with Crippen LogP contribution in [0.5, 0.6) is 0 Å². The Morgan fingerprint density at radius 3 is 2.43 bits per heavy atom. The van der Waals surface area contributed by atoms with Gasteiger partial charge in [0, 0.05) is 11.9 Å². The van der Waals surface area contributed by atoms with E-state index in [0.29, 0.717) is 11.6 Å². The van der Waals surface area contributed by atoms with E-state index in [1.807, 2.05) is 12.1 Å². The summed E-state index contributed by atoms with van der Waals surface area (Å²) in [6, 6.07) is 7.28. The van der Waals surface area contributed by atoms with Crippen molar-refractivity contribution in [3.63, 3.8) is 0 Å². The molecule has 14 heavy (non-hydrogen) atoms. The van der Waals surface area contributed by atoms with Gasteiger partial charge in [0.2, 0.25) is 5.91 Å². The standard InChI is InChI=1S/C10H12ClNO2/c1-8(13)12(14-2)7-9-3-5-10(11)6-4-9/h3-6H,7H2,1-2H3. The largest absolute Gasteiger partial charge is 0.274 e. The molecule has 0 spiro atoms. The highest BCUT2D eigenvalue weighted by atomic mass is 35.5. The molecule has 0 heterocycles. The number of carbonyl (C=O) groups is 1. The first-order valence-corrected chi connectivity index (χ1v) is 4.58. The minimum Gasteiger partial charge on any atom is -0.274 e. The summed E-state index contributed by atoms with van der Waals surface area (Å²) in [6.45, 7) is 1.89. The molecule has 1 aromatic rings. The zero-order valence-corrected chi connectivity index (χ0v) is 8.91. The fourth-order valence-corrected chi connectivity index (χ4v) is 1.19. The van der Waals surface area contributed by atoms with E-state index >= 15 is 0 Å². The molecule has 0 aliphatic heterocycles. The van der Waals surface area contributed by atoms with Crippen LogP contribution in [-0.2, 0) is 16.2 Å². The third-order valence-electron chi connectivity index (χ3n) is 1.81. The first-order chi connectivity index (χ1) is 6.63. The smallest absolute Gasteiger partial charge is 0.243 e. The molecule has 0 saturated heterocycles. The van der Waals surface area contributed by atoms with E-state index in [0.717, 1.165) is 5.56 Å². The van der Waals surface area contributed by atoms with Crippen molar-refractivity contribution in [3.05, 3.63) is 34.9 Å². The monoisotopic (exact) mass is 213 g/mol. The summed E-state index contributed by atoms with van der Waals surface area (Å²) < 4.78 is 0. The van der Waals surface area contributed by atoms with Gasteiger partial charge in [-0.05, 0) is 17.7 Å². The molecular weight excluding hydrogens is 202 g/mol. The van der Waals surface area contributed by atoms with Crippen LogP contribution < -0.4 is 0 Å². The Morgan fingerprint density at radius 2 is 2.00 bits per heavy atom. The van der Waals surface area contributed by atoms with Gasteiger partial charge in [0.05, 0.1) is 13.7 Å². The van der Waals surface area contributed by atoms with Crippen LogP contribution in [0, 0.1) is 0 Å². The molecule has 0 aliphatic rings. The maximum Gasteiger partial charge on any atom is 0.243 e. The van der Waals surface area contributed by atoms with Crippen LogP contribution in [0.2, 0.25) is 5.02 Å². The van der Waals surface area contributed by atoms with Gasteiger partial charge in [-0.1, -0.05) is 23.7 Å². The fourth-order valence-electron chi connectivity index (χ4n) is 1.06. The Hall–Kier alpha value is -1.06. The molecule has 3 nitrogen and oxygen atoms in total. The minimum atomic E-state index is -0.123. The van der Waals surface area contributed by atoms with Gasteiger partial charge in [0.25, 0.3) is 0 Å². The van der Waals surface area contributed by atoms with Crippen molar-refractivity contribution in [1.82, 2.24) is 5.06 Å². The Bertz CT molecular complexity index is 310. The van der Waals surface area contributed by atoms with Crippen LogP contribution in [0.3, 0.4) is 0 Å². The highest BCUT2D eigenvalue weighted by molar-refractivity contribution is 6.30. The molecule has 4 heteroatoms. The molecule has 0 aliphatic carbocycles. The van der Waals surface area contributed by atoms with Crippen LogP contribution in [0.1, 0.15) is 12.5 Å². The third-order valence-corrected chi connectivity index (χ3v) is 2.06. The first-order valence-electron chi connectivity index (χ1n) is 4.20. The zero-order valence-electron chi connectivity index (χ0n) is 8.16. The van der Waals surface area contributed by atoms with Crippen molar-refractivity contribution >= 4 is 17.5 Å². The SMILES string of the molecule is CON(Cc1ccc(Cl)cc1)C(C)=O. The van der Waals surface area contributed by atoms with Crippen LogP contribution in [0.4, 0.5) is 0 Å². The van der Waals surface area contributed by atoms with Crippen molar-refractivity contribution in [1.29, 1.82) is 0 Å². The number of hydrogen-bond donors (Lipinski definition) is 0. The van der Waals surface area contributed by atoms with Crippen LogP contribution in [0.25, 0.3) is 0 Å². The summed E-state index contributed by atoms with van der Waals surface area (Å²) in [7, 11) is 1.47. The van der Waals surface area contributed by atoms with Crippen molar-refractivity contribution in [2.75, 3.05) is 7.11 Å². The molecular formula is C10H12ClNO2. The van der Waals surface area contributed by atoms with Gasteiger partial charge >= 0.3 is 0 Å². The number of hydroxylamine groups is 2. The molecule has 0 atom stereocenters. The van der Waals surface area contributed by atoms with Crippen molar-refractivity contribution in [3.8, 4) is 0 Å². The second-order valence-electron chi connectivity index (χ2n) is 2.86. The maximum atomic E-state index is 11.0.